The molecule has 0 aliphatic heterocycles. The molecule has 9 heteroatoms. The van der Waals surface area contributed by atoms with Crippen molar-refractivity contribution in [3.8, 4) is 0 Å². The predicted molar refractivity (Wildman–Crippen MR) is 99.4 cm³/mol. The van der Waals surface area contributed by atoms with Crippen molar-refractivity contribution < 1.29 is 27.1 Å². The number of nitrogens with one attached hydrogen (secondary N) is 1. The number of halogens is 1. The van der Waals surface area contributed by atoms with E-state index in [0.29, 0.717) is 10.6 Å². The number of carbonyl (C=O) groups excluding carboxylic acids is 2. The lowest BCUT2D eigenvalue weighted by atomic mass is 10.1. The molecule has 1 aliphatic carbocycles. The Balaban J connectivity index is 1.80. The fraction of sp³-hybridized carbons (Fsp3) is 0.333. The molecule has 1 heterocycles. The number of hydrogen-bond acceptors (Lipinski definition) is 6. The highest BCUT2D eigenvalue weighted by atomic mass is 32.2. The molecule has 1 N–H and O–H groups in total. The fourth-order valence-electron chi connectivity index (χ4n) is 2.97. The second-order valence-electron chi connectivity index (χ2n) is 6.04. The first-order valence-electron chi connectivity index (χ1n) is 8.41. The van der Waals surface area contributed by atoms with Gasteiger partial charge in [0, 0.05) is 4.88 Å². The van der Waals surface area contributed by atoms with Crippen molar-refractivity contribution in [2.45, 2.75) is 31.1 Å². The molecule has 2 aromatic rings. The number of rotatable bonds is 6. The standard InChI is InChI=1S/C18H18FNO5S2/c1-2-25-18(22)16-13-4-3-5-14(13)26-17(16)20-15(21)10-27(23,24)12-8-6-11(19)7-9-12/h6-9H,2-5,10H2,1H3,(H,20,21). The lowest BCUT2D eigenvalue weighted by Crippen LogP contribution is -2.23. The predicted octanol–water partition coefficient (Wildman–Crippen LogP) is 2.97. The Labute approximate surface area is 160 Å². The van der Waals surface area contributed by atoms with E-state index >= 15 is 0 Å². The van der Waals surface area contributed by atoms with Crippen LogP contribution in [0.1, 0.15) is 34.1 Å². The van der Waals surface area contributed by atoms with Crippen LogP contribution in [0.2, 0.25) is 0 Å². The number of carbonyl (C=O) groups is 2. The van der Waals surface area contributed by atoms with Gasteiger partial charge in [-0.05, 0) is 56.0 Å². The molecule has 1 aromatic heterocycles. The third kappa shape index (κ3) is 4.19. The highest BCUT2D eigenvalue weighted by Crippen LogP contribution is 2.39. The largest absolute Gasteiger partial charge is 0.462 e. The summed E-state index contributed by atoms with van der Waals surface area (Å²) >= 11 is 1.28. The lowest BCUT2D eigenvalue weighted by molar-refractivity contribution is -0.113. The molecule has 1 aromatic carbocycles. The monoisotopic (exact) mass is 411 g/mol. The Bertz CT molecular complexity index is 980. The normalized spacial score (nSPS) is 13.3. The van der Waals surface area contributed by atoms with Crippen LogP contribution >= 0.6 is 11.3 Å². The second kappa shape index (κ2) is 7.77. The minimum absolute atomic E-state index is 0.140. The molecule has 1 amide bonds. The third-order valence-corrected chi connectivity index (χ3v) is 6.99. The molecule has 0 spiro atoms. The molecule has 0 saturated heterocycles. The molecule has 144 valence electrons. The van der Waals surface area contributed by atoms with Crippen LogP contribution in [-0.2, 0) is 32.2 Å². The van der Waals surface area contributed by atoms with Gasteiger partial charge in [0.1, 0.15) is 16.6 Å². The molecular weight excluding hydrogens is 393 g/mol. The molecular formula is C18H18FNO5S2. The summed E-state index contributed by atoms with van der Waals surface area (Å²) in [6.07, 6.45) is 2.47. The van der Waals surface area contributed by atoms with Gasteiger partial charge in [-0.1, -0.05) is 0 Å². The number of amides is 1. The number of aryl methyl sites for hydroxylation is 1. The first-order valence-corrected chi connectivity index (χ1v) is 10.9. The zero-order chi connectivity index (χ0) is 19.6. The zero-order valence-electron chi connectivity index (χ0n) is 14.6. The van der Waals surface area contributed by atoms with E-state index in [2.05, 4.69) is 5.32 Å². The van der Waals surface area contributed by atoms with Crippen molar-refractivity contribution in [2.24, 2.45) is 0 Å². The van der Waals surface area contributed by atoms with Gasteiger partial charge in [-0.2, -0.15) is 0 Å². The lowest BCUT2D eigenvalue weighted by Gasteiger charge is -2.08. The van der Waals surface area contributed by atoms with Crippen molar-refractivity contribution in [3.63, 3.8) is 0 Å². The molecule has 6 nitrogen and oxygen atoms in total. The van der Waals surface area contributed by atoms with Gasteiger partial charge in [-0.25, -0.2) is 17.6 Å². The number of sulfone groups is 1. The van der Waals surface area contributed by atoms with Crippen LogP contribution in [0.15, 0.2) is 29.2 Å². The van der Waals surface area contributed by atoms with Gasteiger partial charge in [0.2, 0.25) is 5.91 Å². The van der Waals surface area contributed by atoms with E-state index in [1.807, 2.05) is 0 Å². The van der Waals surface area contributed by atoms with Gasteiger partial charge in [0.05, 0.1) is 17.1 Å². The van der Waals surface area contributed by atoms with Crippen molar-refractivity contribution in [1.82, 2.24) is 0 Å². The number of anilines is 1. The van der Waals surface area contributed by atoms with E-state index < -0.39 is 33.3 Å². The van der Waals surface area contributed by atoms with Crippen LogP contribution in [0.4, 0.5) is 9.39 Å². The van der Waals surface area contributed by atoms with Crippen LogP contribution in [0.25, 0.3) is 0 Å². The smallest absolute Gasteiger partial charge is 0.341 e. The van der Waals surface area contributed by atoms with Gasteiger partial charge in [-0.3, -0.25) is 4.79 Å². The SMILES string of the molecule is CCOC(=O)c1c(NC(=O)CS(=O)(=O)c2ccc(F)cc2)sc2c1CCC2. The van der Waals surface area contributed by atoms with Crippen molar-refractivity contribution in [1.29, 1.82) is 0 Å². The average Bonchev–Trinajstić information content (AvgIpc) is 3.15. The quantitative estimate of drug-likeness (QED) is 0.583. The molecule has 0 saturated carbocycles. The Kier molecular flexibility index (Phi) is 5.61. The maximum absolute atomic E-state index is 13.0. The van der Waals surface area contributed by atoms with Crippen LogP contribution in [-0.4, -0.2) is 32.7 Å². The summed E-state index contributed by atoms with van der Waals surface area (Å²) in [6, 6.07) is 4.27. The van der Waals surface area contributed by atoms with Crippen molar-refractivity contribution >= 4 is 38.1 Å². The summed E-state index contributed by atoms with van der Waals surface area (Å²) in [7, 11) is -3.92. The van der Waals surface area contributed by atoms with E-state index in [1.165, 1.54) is 11.3 Å². The van der Waals surface area contributed by atoms with Crippen LogP contribution in [0.3, 0.4) is 0 Å². The molecule has 0 atom stereocenters. The summed E-state index contributed by atoms with van der Waals surface area (Å²) in [5, 5.41) is 2.86. The summed E-state index contributed by atoms with van der Waals surface area (Å²) in [5.74, 6) is -2.65. The van der Waals surface area contributed by atoms with E-state index in [1.54, 1.807) is 6.92 Å². The van der Waals surface area contributed by atoms with Crippen molar-refractivity contribution in [2.75, 3.05) is 17.7 Å². The number of hydrogen-bond donors (Lipinski definition) is 1. The topological polar surface area (TPSA) is 89.5 Å². The molecule has 0 fully saturated rings. The van der Waals surface area contributed by atoms with Crippen LogP contribution < -0.4 is 5.32 Å². The first-order chi connectivity index (χ1) is 12.8. The highest BCUT2D eigenvalue weighted by molar-refractivity contribution is 7.92. The third-order valence-electron chi connectivity index (χ3n) is 4.15. The Morgan fingerprint density at radius 2 is 1.93 bits per heavy atom. The van der Waals surface area contributed by atoms with E-state index in [4.69, 9.17) is 4.74 Å². The summed E-state index contributed by atoms with van der Waals surface area (Å²) in [4.78, 5) is 25.5. The summed E-state index contributed by atoms with van der Waals surface area (Å²) in [5.41, 5.74) is 1.19. The number of fused-ring (bicyclic) bond motifs is 1. The van der Waals surface area contributed by atoms with Crippen molar-refractivity contribution in [3.05, 3.63) is 46.1 Å². The first kappa shape index (κ1) is 19.5. The highest BCUT2D eigenvalue weighted by Gasteiger charge is 2.29. The van der Waals surface area contributed by atoms with Gasteiger partial charge < -0.3 is 10.1 Å². The molecule has 3 rings (SSSR count). The molecule has 27 heavy (non-hydrogen) atoms. The molecule has 0 unspecified atom stereocenters. The van der Waals surface area contributed by atoms with Gasteiger partial charge in [-0.15, -0.1) is 11.3 Å². The minimum Gasteiger partial charge on any atom is -0.462 e. The fourth-order valence-corrected chi connectivity index (χ4v) is 5.40. The van der Waals surface area contributed by atoms with Crippen LogP contribution in [0.5, 0.6) is 0 Å². The maximum atomic E-state index is 13.0. The Hall–Kier alpha value is -2.26. The average molecular weight is 411 g/mol. The number of ether oxygens (including phenoxy) is 1. The van der Waals surface area contributed by atoms with Gasteiger partial charge in [0.15, 0.2) is 9.84 Å². The van der Waals surface area contributed by atoms with Gasteiger partial charge in [0.25, 0.3) is 0 Å². The van der Waals surface area contributed by atoms with Crippen LogP contribution in [0, 0.1) is 5.82 Å². The number of benzene rings is 1. The number of esters is 1. The molecule has 0 radical (unpaired) electrons. The molecule has 1 aliphatic rings. The van der Waals surface area contributed by atoms with Gasteiger partial charge >= 0.3 is 5.97 Å². The minimum atomic E-state index is -3.92. The van der Waals surface area contributed by atoms with E-state index in [9.17, 15) is 22.4 Å². The summed E-state index contributed by atoms with van der Waals surface area (Å²) < 4.78 is 42.7. The van der Waals surface area contributed by atoms with E-state index in [0.717, 1.165) is 54.0 Å². The Morgan fingerprint density at radius 3 is 2.59 bits per heavy atom. The second-order valence-corrected chi connectivity index (χ2v) is 9.14. The van der Waals surface area contributed by atoms with E-state index in [-0.39, 0.29) is 11.5 Å². The molecule has 0 bridgehead atoms. The summed E-state index contributed by atoms with van der Waals surface area (Å²) in [6.45, 7) is 1.90. The Morgan fingerprint density at radius 1 is 1.22 bits per heavy atom. The maximum Gasteiger partial charge on any atom is 0.341 e. The number of thiophene rings is 1. The zero-order valence-corrected chi connectivity index (χ0v) is 16.2.